The highest BCUT2D eigenvalue weighted by Crippen LogP contribution is 2.25. The Kier molecular flexibility index (Phi) is 6.61. The number of nitrogens with zero attached hydrogens (tertiary/aromatic N) is 3. The van der Waals surface area contributed by atoms with E-state index in [-0.39, 0.29) is 5.91 Å². The molecule has 1 saturated heterocycles. The molecule has 30 heavy (non-hydrogen) atoms. The van der Waals surface area contributed by atoms with Crippen molar-refractivity contribution in [1.29, 1.82) is 0 Å². The van der Waals surface area contributed by atoms with Gasteiger partial charge in [0.25, 0.3) is 0 Å². The predicted molar refractivity (Wildman–Crippen MR) is 122 cm³/mol. The molecule has 0 saturated carbocycles. The fourth-order valence-electron chi connectivity index (χ4n) is 3.55. The van der Waals surface area contributed by atoms with Crippen molar-refractivity contribution in [2.45, 2.75) is 6.42 Å². The first-order valence-corrected chi connectivity index (χ1v) is 11.0. The van der Waals surface area contributed by atoms with Crippen LogP contribution >= 0.6 is 11.3 Å². The number of nitrogens with one attached hydrogen (secondary N) is 1. The van der Waals surface area contributed by atoms with E-state index in [1.807, 2.05) is 47.8 Å². The van der Waals surface area contributed by atoms with Gasteiger partial charge in [-0.25, -0.2) is 4.98 Å². The Morgan fingerprint density at radius 3 is 2.67 bits per heavy atom. The lowest BCUT2D eigenvalue weighted by atomic mass is 10.2. The average Bonchev–Trinajstić information content (AvgIpc) is 3.27. The zero-order chi connectivity index (χ0) is 20.8. The first-order chi connectivity index (χ1) is 14.7. The Balaban J connectivity index is 1.22. The predicted octanol–water partition coefficient (Wildman–Crippen LogP) is 3.97. The van der Waals surface area contributed by atoms with E-state index in [0.717, 1.165) is 49.7 Å². The number of benzene rings is 2. The summed E-state index contributed by atoms with van der Waals surface area (Å²) in [4.78, 5) is 21.6. The number of amides is 1. The number of carbonyl (C=O) groups excluding carboxylic acids is 1. The largest absolute Gasteiger partial charge is 0.497 e. The zero-order valence-corrected chi connectivity index (χ0v) is 17.9. The van der Waals surface area contributed by atoms with Gasteiger partial charge in [0.15, 0.2) is 5.13 Å². The average molecular weight is 423 g/mol. The Hall–Kier alpha value is -2.90. The molecule has 1 aromatic heterocycles. The number of hydrogen-bond donors (Lipinski definition) is 1. The van der Waals surface area contributed by atoms with Crippen LogP contribution in [0.2, 0.25) is 0 Å². The molecule has 4 rings (SSSR count). The van der Waals surface area contributed by atoms with Gasteiger partial charge in [0.1, 0.15) is 5.75 Å². The Bertz CT molecular complexity index is 968. The summed E-state index contributed by atoms with van der Waals surface area (Å²) in [6, 6.07) is 18.2. The van der Waals surface area contributed by atoms with Crippen molar-refractivity contribution in [3.05, 3.63) is 60.0 Å². The van der Waals surface area contributed by atoms with Crippen molar-refractivity contribution in [3.63, 3.8) is 0 Å². The topological polar surface area (TPSA) is 57.7 Å². The molecule has 1 N–H and O–H groups in total. The molecule has 0 unspecified atom stereocenters. The van der Waals surface area contributed by atoms with E-state index >= 15 is 0 Å². The van der Waals surface area contributed by atoms with Gasteiger partial charge < -0.3 is 15.0 Å². The number of anilines is 2. The monoisotopic (exact) mass is 422 g/mol. The van der Waals surface area contributed by atoms with Crippen molar-refractivity contribution >= 4 is 28.1 Å². The van der Waals surface area contributed by atoms with Crippen molar-refractivity contribution < 1.29 is 9.53 Å². The van der Waals surface area contributed by atoms with Crippen LogP contribution in [-0.4, -0.2) is 55.6 Å². The quantitative estimate of drug-likeness (QED) is 0.624. The number of ether oxygens (including phenoxy) is 1. The van der Waals surface area contributed by atoms with Crippen LogP contribution in [0.25, 0.3) is 11.3 Å². The molecular formula is C23H26N4O2S. The summed E-state index contributed by atoms with van der Waals surface area (Å²) < 4.78 is 5.32. The molecule has 1 aliphatic rings. The minimum atomic E-state index is 0.0131. The normalized spacial score (nSPS) is 14.5. The molecule has 1 aliphatic heterocycles. The second kappa shape index (κ2) is 9.73. The lowest BCUT2D eigenvalue weighted by Crippen LogP contribution is -2.47. The van der Waals surface area contributed by atoms with E-state index < -0.39 is 0 Å². The number of carbonyl (C=O) groups is 1. The molecule has 0 aliphatic carbocycles. The molecule has 0 bridgehead atoms. The molecule has 0 spiro atoms. The highest BCUT2D eigenvalue weighted by molar-refractivity contribution is 7.14. The molecule has 2 heterocycles. The minimum absolute atomic E-state index is 0.0131. The molecule has 156 valence electrons. The maximum atomic E-state index is 12.4. The highest BCUT2D eigenvalue weighted by atomic mass is 32.1. The van der Waals surface area contributed by atoms with Gasteiger partial charge in [0, 0.05) is 61.8 Å². The van der Waals surface area contributed by atoms with Gasteiger partial charge in [-0.15, -0.1) is 11.3 Å². The first kappa shape index (κ1) is 20.4. The van der Waals surface area contributed by atoms with Gasteiger partial charge in [-0.05, 0) is 12.1 Å². The van der Waals surface area contributed by atoms with Crippen molar-refractivity contribution in [3.8, 4) is 17.0 Å². The standard InChI is InChI=1S/C23H26N4O2S/c1-29-20-9-5-8-19(16-20)27-14-12-26(13-15-27)11-10-22(28)25-23-24-21(17-30-23)18-6-3-2-4-7-18/h2-9,16-17H,10-15H2,1H3,(H,24,25,28). The van der Waals surface area contributed by atoms with Gasteiger partial charge in [-0.1, -0.05) is 36.4 Å². The highest BCUT2D eigenvalue weighted by Gasteiger charge is 2.18. The molecule has 1 amide bonds. The second-order valence-electron chi connectivity index (χ2n) is 7.23. The second-order valence-corrected chi connectivity index (χ2v) is 8.09. The van der Waals surface area contributed by atoms with Crippen LogP contribution in [0.5, 0.6) is 5.75 Å². The minimum Gasteiger partial charge on any atom is -0.497 e. The smallest absolute Gasteiger partial charge is 0.227 e. The van der Waals surface area contributed by atoms with E-state index in [4.69, 9.17) is 4.74 Å². The summed E-state index contributed by atoms with van der Waals surface area (Å²) in [5.41, 5.74) is 3.14. The summed E-state index contributed by atoms with van der Waals surface area (Å²) in [5.74, 6) is 0.892. The van der Waals surface area contributed by atoms with Crippen molar-refractivity contribution in [2.75, 3.05) is 50.1 Å². The van der Waals surface area contributed by atoms with Crippen LogP contribution < -0.4 is 15.0 Å². The van der Waals surface area contributed by atoms with Gasteiger partial charge in [0.2, 0.25) is 5.91 Å². The van der Waals surface area contributed by atoms with Crippen LogP contribution in [0.15, 0.2) is 60.0 Å². The third-order valence-corrected chi connectivity index (χ3v) is 6.02. The van der Waals surface area contributed by atoms with E-state index in [9.17, 15) is 4.79 Å². The lowest BCUT2D eigenvalue weighted by molar-refractivity contribution is -0.116. The Morgan fingerprint density at radius 1 is 1.10 bits per heavy atom. The molecule has 0 radical (unpaired) electrons. The van der Waals surface area contributed by atoms with Crippen LogP contribution in [0.4, 0.5) is 10.8 Å². The summed E-state index contributed by atoms with van der Waals surface area (Å²) in [7, 11) is 1.69. The van der Waals surface area contributed by atoms with E-state index in [1.54, 1.807) is 7.11 Å². The van der Waals surface area contributed by atoms with Gasteiger partial charge in [-0.3, -0.25) is 9.69 Å². The summed E-state index contributed by atoms with van der Waals surface area (Å²) in [6.07, 6.45) is 0.472. The number of hydrogen-bond acceptors (Lipinski definition) is 6. The van der Waals surface area contributed by atoms with Crippen LogP contribution in [0.1, 0.15) is 6.42 Å². The number of aromatic nitrogens is 1. The molecule has 3 aromatic rings. The maximum absolute atomic E-state index is 12.4. The van der Waals surface area contributed by atoms with E-state index in [2.05, 4.69) is 32.2 Å². The van der Waals surface area contributed by atoms with Crippen LogP contribution in [0, 0.1) is 0 Å². The fraction of sp³-hybridized carbons (Fsp3) is 0.304. The molecule has 7 heteroatoms. The molecule has 0 atom stereocenters. The van der Waals surface area contributed by atoms with E-state index in [1.165, 1.54) is 17.0 Å². The molecule has 1 fully saturated rings. The summed E-state index contributed by atoms with van der Waals surface area (Å²) >= 11 is 1.46. The SMILES string of the molecule is COc1cccc(N2CCN(CCC(=O)Nc3nc(-c4ccccc4)cs3)CC2)c1. The van der Waals surface area contributed by atoms with Gasteiger partial charge >= 0.3 is 0 Å². The first-order valence-electron chi connectivity index (χ1n) is 10.1. The third-order valence-electron chi connectivity index (χ3n) is 5.27. The fourth-order valence-corrected chi connectivity index (χ4v) is 4.29. The number of methoxy groups -OCH3 is 1. The van der Waals surface area contributed by atoms with Gasteiger partial charge in [0.05, 0.1) is 12.8 Å². The molecule has 2 aromatic carbocycles. The summed E-state index contributed by atoms with van der Waals surface area (Å²) in [5, 5.41) is 5.57. The third kappa shape index (κ3) is 5.17. The number of thiazole rings is 1. The van der Waals surface area contributed by atoms with E-state index in [0.29, 0.717) is 11.6 Å². The van der Waals surface area contributed by atoms with Gasteiger partial charge in [-0.2, -0.15) is 0 Å². The molecular weight excluding hydrogens is 396 g/mol. The number of rotatable bonds is 7. The van der Waals surface area contributed by atoms with Crippen molar-refractivity contribution in [2.24, 2.45) is 0 Å². The number of piperazine rings is 1. The summed E-state index contributed by atoms with van der Waals surface area (Å²) in [6.45, 7) is 4.54. The zero-order valence-electron chi connectivity index (χ0n) is 17.1. The molecule has 6 nitrogen and oxygen atoms in total. The Labute approximate surface area is 181 Å². The van der Waals surface area contributed by atoms with Crippen molar-refractivity contribution in [1.82, 2.24) is 9.88 Å². The van der Waals surface area contributed by atoms with Crippen LogP contribution in [0.3, 0.4) is 0 Å². The van der Waals surface area contributed by atoms with Crippen LogP contribution in [-0.2, 0) is 4.79 Å². The lowest BCUT2D eigenvalue weighted by Gasteiger charge is -2.36. The Morgan fingerprint density at radius 2 is 1.90 bits per heavy atom. The maximum Gasteiger partial charge on any atom is 0.227 e.